The van der Waals surface area contributed by atoms with E-state index >= 15 is 0 Å². The number of likely N-dealkylation sites (tertiary alicyclic amines) is 1. The Morgan fingerprint density at radius 2 is 1.93 bits per heavy atom. The van der Waals surface area contributed by atoms with Crippen molar-refractivity contribution in [1.29, 1.82) is 0 Å². The number of hydrogen-bond donors (Lipinski definition) is 0. The summed E-state index contributed by atoms with van der Waals surface area (Å²) in [5, 5.41) is 0. The van der Waals surface area contributed by atoms with Crippen molar-refractivity contribution < 1.29 is 4.74 Å². The van der Waals surface area contributed by atoms with E-state index in [1.165, 1.54) is 38.8 Å². The first-order valence-electron chi connectivity index (χ1n) is 5.95. The minimum atomic E-state index is 0.767. The van der Waals surface area contributed by atoms with Gasteiger partial charge in [-0.1, -0.05) is 6.92 Å². The molecule has 0 radical (unpaired) electrons. The van der Waals surface area contributed by atoms with Crippen molar-refractivity contribution in [2.45, 2.75) is 32.6 Å². The van der Waals surface area contributed by atoms with Gasteiger partial charge in [-0.15, -0.1) is 0 Å². The molecule has 1 aliphatic carbocycles. The molecule has 82 valence electrons. The van der Waals surface area contributed by atoms with Crippen molar-refractivity contribution >= 4 is 0 Å². The predicted molar refractivity (Wildman–Crippen MR) is 58.4 cm³/mol. The molecule has 2 rings (SSSR count). The first kappa shape index (κ1) is 10.4. The van der Waals surface area contributed by atoms with E-state index in [1.54, 1.807) is 7.11 Å². The summed E-state index contributed by atoms with van der Waals surface area (Å²) in [7, 11) is 1.79. The number of nitrogens with zero attached hydrogens (tertiary/aromatic N) is 1. The van der Waals surface area contributed by atoms with E-state index in [4.69, 9.17) is 4.74 Å². The van der Waals surface area contributed by atoms with Gasteiger partial charge in [-0.3, -0.25) is 0 Å². The van der Waals surface area contributed by atoms with Gasteiger partial charge in [0.05, 0.1) is 6.61 Å². The van der Waals surface area contributed by atoms with Gasteiger partial charge in [-0.05, 0) is 50.1 Å². The molecule has 2 nitrogen and oxygen atoms in total. The summed E-state index contributed by atoms with van der Waals surface area (Å²) in [6, 6.07) is 0. The standard InChI is InChI=1S/C12H23NO/c1-11-9-12(10-11)3-5-13(6-4-12)7-8-14-2/h11H,3-10H2,1-2H3. The van der Waals surface area contributed by atoms with Crippen molar-refractivity contribution in [2.75, 3.05) is 33.4 Å². The fraction of sp³-hybridized carbons (Fsp3) is 1.00. The predicted octanol–water partition coefficient (Wildman–Crippen LogP) is 2.14. The minimum Gasteiger partial charge on any atom is -0.383 e. The molecule has 2 aliphatic rings. The fourth-order valence-corrected chi connectivity index (χ4v) is 3.30. The van der Waals surface area contributed by atoms with Gasteiger partial charge in [0.25, 0.3) is 0 Å². The fourth-order valence-electron chi connectivity index (χ4n) is 3.30. The normalized spacial score (nSPS) is 27.9. The summed E-state index contributed by atoms with van der Waals surface area (Å²) in [6.45, 7) is 7.01. The summed E-state index contributed by atoms with van der Waals surface area (Å²) >= 11 is 0. The Hall–Kier alpha value is -0.0800. The maximum absolute atomic E-state index is 5.11. The average molecular weight is 197 g/mol. The molecule has 0 bridgehead atoms. The van der Waals surface area contributed by atoms with E-state index in [1.807, 2.05) is 0 Å². The lowest BCUT2D eigenvalue weighted by atomic mass is 9.58. The molecule has 0 aromatic rings. The second-order valence-electron chi connectivity index (χ2n) is 5.35. The molecular weight excluding hydrogens is 174 g/mol. The topological polar surface area (TPSA) is 12.5 Å². The van der Waals surface area contributed by atoms with E-state index in [0.717, 1.165) is 24.5 Å². The third-order valence-corrected chi connectivity index (χ3v) is 4.09. The van der Waals surface area contributed by atoms with Gasteiger partial charge < -0.3 is 9.64 Å². The summed E-state index contributed by atoms with van der Waals surface area (Å²) in [5.74, 6) is 1.00. The van der Waals surface area contributed by atoms with Crippen LogP contribution in [0.1, 0.15) is 32.6 Å². The monoisotopic (exact) mass is 197 g/mol. The van der Waals surface area contributed by atoms with Crippen molar-refractivity contribution in [3.05, 3.63) is 0 Å². The Morgan fingerprint density at radius 3 is 2.43 bits per heavy atom. The smallest absolute Gasteiger partial charge is 0.0589 e. The van der Waals surface area contributed by atoms with Crippen molar-refractivity contribution in [3.63, 3.8) is 0 Å². The third kappa shape index (κ3) is 2.12. The minimum absolute atomic E-state index is 0.767. The van der Waals surface area contributed by atoms with Crippen LogP contribution in [-0.2, 0) is 4.74 Å². The van der Waals surface area contributed by atoms with E-state index in [0.29, 0.717) is 0 Å². The molecule has 0 aromatic carbocycles. The Labute approximate surface area is 87.6 Å². The van der Waals surface area contributed by atoms with Crippen LogP contribution in [0.5, 0.6) is 0 Å². The maximum Gasteiger partial charge on any atom is 0.0589 e. The number of ether oxygens (including phenoxy) is 1. The molecule has 1 spiro atoms. The molecule has 1 heterocycles. The van der Waals surface area contributed by atoms with Gasteiger partial charge in [0.2, 0.25) is 0 Å². The second kappa shape index (κ2) is 4.19. The highest BCUT2D eigenvalue weighted by Crippen LogP contribution is 2.52. The molecule has 0 atom stereocenters. The molecule has 0 aromatic heterocycles. The van der Waals surface area contributed by atoms with Crippen LogP contribution in [0.25, 0.3) is 0 Å². The van der Waals surface area contributed by atoms with Gasteiger partial charge in [-0.25, -0.2) is 0 Å². The number of piperidine rings is 1. The molecule has 0 unspecified atom stereocenters. The first-order chi connectivity index (χ1) is 6.74. The van der Waals surface area contributed by atoms with Crippen molar-refractivity contribution in [3.8, 4) is 0 Å². The highest BCUT2D eigenvalue weighted by Gasteiger charge is 2.43. The Kier molecular flexibility index (Phi) is 3.13. The van der Waals surface area contributed by atoms with Gasteiger partial charge in [0, 0.05) is 13.7 Å². The summed E-state index contributed by atoms with van der Waals surface area (Å²) in [4.78, 5) is 2.55. The van der Waals surface area contributed by atoms with Crippen LogP contribution >= 0.6 is 0 Å². The van der Waals surface area contributed by atoms with Crippen LogP contribution in [0, 0.1) is 11.3 Å². The average Bonchev–Trinajstić information content (AvgIpc) is 2.15. The Bertz CT molecular complexity index is 177. The van der Waals surface area contributed by atoms with E-state index in [-0.39, 0.29) is 0 Å². The van der Waals surface area contributed by atoms with Crippen LogP contribution < -0.4 is 0 Å². The van der Waals surface area contributed by atoms with Crippen LogP contribution in [0.3, 0.4) is 0 Å². The maximum atomic E-state index is 5.11. The van der Waals surface area contributed by atoms with Gasteiger partial charge in [-0.2, -0.15) is 0 Å². The van der Waals surface area contributed by atoms with Crippen molar-refractivity contribution in [1.82, 2.24) is 4.90 Å². The SMILES string of the molecule is COCCN1CCC2(CC1)CC(C)C2. The molecule has 0 N–H and O–H groups in total. The van der Waals surface area contributed by atoms with E-state index in [2.05, 4.69) is 11.8 Å². The zero-order chi connectivity index (χ0) is 10.0. The molecule has 1 saturated carbocycles. The number of methoxy groups -OCH3 is 1. The van der Waals surface area contributed by atoms with Crippen molar-refractivity contribution in [2.24, 2.45) is 11.3 Å². The highest BCUT2D eigenvalue weighted by atomic mass is 16.5. The van der Waals surface area contributed by atoms with Gasteiger partial charge >= 0.3 is 0 Å². The van der Waals surface area contributed by atoms with E-state index < -0.39 is 0 Å². The summed E-state index contributed by atoms with van der Waals surface area (Å²) < 4.78 is 5.11. The second-order valence-corrected chi connectivity index (χ2v) is 5.35. The lowest BCUT2D eigenvalue weighted by molar-refractivity contribution is -0.0109. The largest absolute Gasteiger partial charge is 0.383 e. The molecule has 1 aliphatic heterocycles. The zero-order valence-electron chi connectivity index (χ0n) is 9.59. The molecule has 14 heavy (non-hydrogen) atoms. The first-order valence-corrected chi connectivity index (χ1v) is 5.95. The zero-order valence-corrected chi connectivity index (χ0v) is 9.59. The lowest BCUT2D eigenvalue weighted by Crippen LogP contribution is -2.47. The molecule has 0 amide bonds. The third-order valence-electron chi connectivity index (χ3n) is 4.09. The molecule has 1 saturated heterocycles. The summed E-state index contributed by atoms with van der Waals surface area (Å²) in [5.41, 5.74) is 0.767. The van der Waals surface area contributed by atoms with Crippen LogP contribution in [0.15, 0.2) is 0 Å². The Balaban J connectivity index is 1.70. The van der Waals surface area contributed by atoms with Crippen LogP contribution in [-0.4, -0.2) is 38.3 Å². The van der Waals surface area contributed by atoms with E-state index in [9.17, 15) is 0 Å². The lowest BCUT2D eigenvalue weighted by Gasteiger charge is -2.51. The van der Waals surface area contributed by atoms with Gasteiger partial charge in [0.1, 0.15) is 0 Å². The van der Waals surface area contributed by atoms with Gasteiger partial charge in [0.15, 0.2) is 0 Å². The van der Waals surface area contributed by atoms with Crippen LogP contribution in [0.2, 0.25) is 0 Å². The molecule has 2 heteroatoms. The molecule has 2 fully saturated rings. The molecular formula is C12H23NO. The Morgan fingerprint density at radius 1 is 1.29 bits per heavy atom. The van der Waals surface area contributed by atoms with Crippen LogP contribution in [0.4, 0.5) is 0 Å². The number of rotatable bonds is 3. The summed E-state index contributed by atoms with van der Waals surface area (Å²) in [6.07, 6.45) is 5.85. The quantitative estimate of drug-likeness (QED) is 0.687. The highest BCUT2D eigenvalue weighted by molar-refractivity contribution is 4.95. The number of hydrogen-bond acceptors (Lipinski definition) is 2.